The molecule has 2 unspecified atom stereocenters. The van der Waals surface area contributed by atoms with Crippen molar-refractivity contribution in [3.05, 3.63) is 59.7 Å². The van der Waals surface area contributed by atoms with E-state index in [0.717, 1.165) is 27.2 Å². The molecule has 28 heavy (non-hydrogen) atoms. The Hall–Kier alpha value is -2.96. The van der Waals surface area contributed by atoms with Crippen molar-refractivity contribution in [3.8, 4) is 11.1 Å². The van der Waals surface area contributed by atoms with Crippen LogP contribution in [0.1, 0.15) is 23.5 Å². The number of aliphatic carboxylic acids is 1. The normalized spacial score (nSPS) is 26.4. The van der Waals surface area contributed by atoms with E-state index in [1.54, 1.807) is 0 Å². The lowest BCUT2D eigenvalue weighted by Gasteiger charge is -2.45. The van der Waals surface area contributed by atoms with Gasteiger partial charge < -0.3 is 9.84 Å². The van der Waals surface area contributed by atoms with Gasteiger partial charge in [0.2, 0.25) is 0 Å². The molecule has 2 aliphatic carbocycles. The molecule has 1 saturated carbocycles. The number of likely N-dealkylation sites (tertiary alicyclic amines) is 1. The second kappa shape index (κ2) is 5.53. The van der Waals surface area contributed by atoms with Crippen LogP contribution in [0.25, 0.3) is 11.1 Å². The highest BCUT2D eigenvalue weighted by atomic mass is 19.3. The molecule has 1 heterocycles. The molecule has 7 heteroatoms. The number of hydrogen-bond donors (Lipinski definition) is 1. The van der Waals surface area contributed by atoms with Gasteiger partial charge in [-0.25, -0.2) is 18.4 Å². The van der Waals surface area contributed by atoms with Crippen LogP contribution in [0.15, 0.2) is 48.5 Å². The molecule has 144 valence electrons. The van der Waals surface area contributed by atoms with E-state index in [9.17, 15) is 23.5 Å². The Morgan fingerprint density at radius 1 is 1.07 bits per heavy atom. The molecule has 1 aliphatic heterocycles. The molecule has 0 bridgehead atoms. The van der Waals surface area contributed by atoms with Gasteiger partial charge in [0.1, 0.15) is 12.6 Å². The molecule has 5 rings (SSSR count). The molecule has 1 N–H and O–H groups in total. The van der Waals surface area contributed by atoms with E-state index >= 15 is 0 Å². The van der Waals surface area contributed by atoms with Gasteiger partial charge >= 0.3 is 12.1 Å². The first-order valence-corrected chi connectivity index (χ1v) is 9.08. The number of carboxylic acid groups (broad SMARTS) is 1. The average molecular weight is 385 g/mol. The predicted molar refractivity (Wildman–Crippen MR) is 95.2 cm³/mol. The van der Waals surface area contributed by atoms with Gasteiger partial charge in [0.05, 0.1) is 5.41 Å². The fourth-order valence-corrected chi connectivity index (χ4v) is 4.70. The Morgan fingerprint density at radius 2 is 1.61 bits per heavy atom. The van der Waals surface area contributed by atoms with E-state index in [0.29, 0.717) is 0 Å². The summed E-state index contributed by atoms with van der Waals surface area (Å²) in [4.78, 5) is 24.8. The number of alkyl halides is 2. The second-order valence-electron chi connectivity index (χ2n) is 7.71. The number of halogens is 2. The SMILES string of the molecule is O=C(O)C1N(C(=O)OCC2c3ccccc3-c3ccccc32)CC12CC2(F)F. The molecule has 5 nitrogen and oxygen atoms in total. The zero-order valence-corrected chi connectivity index (χ0v) is 14.8. The first kappa shape index (κ1) is 17.2. The van der Waals surface area contributed by atoms with Gasteiger partial charge in [0.25, 0.3) is 5.92 Å². The topological polar surface area (TPSA) is 66.8 Å². The van der Waals surface area contributed by atoms with Crippen molar-refractivity contribution >= 4 is 12.1 Å². The molecule has 2 aromatic rings. The van der Waals surface area contributed by atoms with Crippen LogP contribution in [-0.2, 0) is 9.53 Å². The fourth-order valence-electron chi connectivity index (χ4n) is 4.70. The number of amides is 1. The number of carboxylic acids is 1. The van der Waals surface area contributed by atoms with Gasteiger partial charge in [-0.15, -0.1) is 0 Å². The molecule has 2 atom stereocenters. The van der Waals surface area contributed by atoms with Crippen molar-refractivity contribution in [1.29, 1.82) is 0 Å². The summed E-state index contributed by atoms with van der Waals surface area (Å²) in [7, 11) is 0. The Morgan fingerprint density at radius 3 is 2.11 bits per heavy atom. The summed E-state index contributed by atoms with van der Waals surface area (Å²) in [6.45, 7) is -0.257. The van der Waals surface area contributed by atoms with E-state index in [1.807, 2.05) is 48.5 Å². The molecule has 1 saturated heterocycles. The van der Waals surface area contributed by atoms with Gasteiger partial charge in [-0.3, -0.25) is 4.90 Å². The molecule has 3 aliphatic rings. The molecule has 0 radical (unpaired) electrons. The first-order chi connectivity index (χ1) is 13.4. The summed E-state index contributed by atoms with van der Waals surface area (Å²) in [5, 5.41) is 9.32. The summed E-state index contributed by atoms with van der Waals surface area (Å²) in [5.41, 5.74) is 2.58. The number of nitrogens with zero attached hydrogens (tertiary/aromatic N) is 1. The quantitative estimate of drug-likeness (QED) is 0.874. The van der Waals surface area contributed by atoms with Gasteiger partial charge in [-0.05, 0) is 22.3 Å². The minimum atomic E-state index is -3.03. The lowest BCUT2D eigenvalue weighted by atomic mass is 9.84. The highest BCUT2D eigenvalue weighted by Gasteiger charge is 2.83. The van der Waals surface area contributed by atoms with Crippen molar-refractivity contribution in [3.63, 3.8) is 0 Å². The summed E-state index contributed by atoms with van der Waals surface area (Å²) in [5.74, 6) is -4.62. The van der Waals surface area contributed by atoms with Crippen molar-refractivity contribution < 1.29 is 28.2 Å². The number of carbonyl (C=O) groups is 2. The maximum Gasteiger partial charge on any atom is 0.410 e. The molecular formula is C21H17F2NO4. The van der Waals surface area contributed by atoms with Crippen LogP contribution in [0.2, 0.25) is 0 Å². The lowest BCUT2D eigenvalue weighted by molar-refractivity contribution is -0.159. The Bertz CT molecular complexity index is 962. The monoisotopic (exact) mass is 385 g/mol. The average Bonchev–Trinajstić information content (AvgIpc) is 3.10. The van der Waals surface area contributed by atoms with E-state index in [-0.39, 0.29) is 19.1 Å². The van der Waals surface area contributed by atoms with E-state index in [4.69, 9.17) is 4.74 Å². The lowest BCUT2D eigenvalue weighted by Crippen LogP contribution is -2.65. The maximum absolute atomic E-state index is 13.6. The predicted octanol–water partition coefficient (Wildman–Crippen LogP) is 3.73. The summed E-state index contributed by atoms with van der Waals surface area (Å²) >= 11 is 0. The van der Waals surface area contributed by atoms with E-state index in [2.05, 4.69) is 0 Å². The van der Waals surface area contributed by atoms with Crippen LogP contribution in [0.4, 0.5) is 13.6 Å². The first-order valence-electron chi connectivity index (χ1n) is 9.08. The van der Waals surface area contributed by atoms with Gasteiger partial charge in [0, 0.05) is 18.9 Å². The summed E-state index contributed by atoms with van der Waals surface area (Å²) in [6.07, 6.45) is -1.35. The molecular weight excluding hydrogens is 368 g/mol. The highest BCUT2D eigenvalue weighted by molar-refractivity contribution is 5.85. The molecule has 2 fully saturated rings. The van der Waals surface area contributed by atoms with Crippen molar-refractivity contribution in [2.75, 3.05) is 13.2 Å². The smallest absolute Gasteiger partial charge is 0.410 e. The van der Waals surface area contributed by atoms with Crippen LogP contribution < -0.4 is 0 Å². The Labute approximate surface area is 159 Å². The molecule has 1 spiro atoms. The zero-order valence-electron chi connectivity index (χ0n) is 14.8. The summed E-state index contributed by atoms with van der Waals surface area (Å²) < 4.78 is 32.6. The van der Waals surface area contributed by atoms with E-state index < -0.39 is 35.9 Å². The number of carbonyl (C=O) groups excluding carboxylic acids is 1. The van der Waals surface area contributed by atoms with Gasteiger partial charge in [-0.2, -0.15) is 0 Å². The maximum atomic E-state index is 13.6. The number of fused-ring (bicyclic) bond motifs is 3. The van der Waals surface area contributed by atoms with Gasteiger partial charge in [-0.1, -0.05) is 48.5 Å². The largest absolute Gasteiger partial charge is 0.480 e. The van der Waals surface area contributed by atoms with Crippen molar-refractivity contribution in [2.45, 2.75) is 24.3 Å². The highest BCUT2D eigenvalue weighted by Crippen LogP contribution is 2.68. The minimum absolute atomic E-state index is 0.0269. The van der Waals surface area contributed by atoms with Crippen LogP contribution in [0.5, 0.6) is 0 Å². The van der Waals surface area contributed by atoms with Crippen LogP contribution in [0, 0.1) is 5.41 Å². The molecule has 2 aromatic carbocycles. The van der Waals surface area contributed by atoms with Crippen LogP contribution in [-0.4, -0.2) is 47.2 Å². The molecule has 1 amide bonds. The minimum Gasteiger partial charge on any atom is -0.480 e. The third-order valence-corrected chi connectivity index (χ3v) is 6.23. The number of benzene rings is 2. The standard InChI is InChI=1S/C21H17F2NO4/c22-21(23)10-20(21)11-24(17(20)18(25)26)19(27)28-9-16-14-7-3-1-5-12(14)13-6-2-4-8-15(13)16/h1-8,16-17H,9-11H2,(H,25,26). The zero-order chi connectivity index (χ0) is 19.7. The Kier molecular flexibility index (Phi) is 3.39. The van der Waals surface area contributed by atoms with E-state index in [1.165, 1.54) is 0 Å². The van der Waals surface area contributed by atoms with Crippen molar-refractivity contribution in [2.24, 2.45) is 5.41 Å². The van der Waals surface area contributed by atoms with Crippen molar-refractivity contribution in [1.82, 2.24) is 4.90 Å². The summed E-state index contributed by atoms with van der Waals surface area (Å²) in [6, 6.07) is 14.1. The Balaban J connectivity index is 1.34. The number of hydrogen-bond acceptors (Lipinski definition) is 3. The molecule has 0 aromatic heterocycles. The second-order valence-corrected chi connectivity index (χ2v) is 7.71. The number of ether oxygens (including phenoxy) is 1. The van der Waals surface area contributed by atoms with Gasteiger partial charge in [0.15, 0.2) is 0 Å². The third-order valence-electron chi connectivity index (χ3n) is 6.23. The fraction of sp³-hybridized carbons (Fsp3) is 0.333. The van der Waals surface area contributed by atoms with Crippen LogP contribution in [0.3, 0.4) is 0 Å². The number of rotatable bonds is 3. The van der Waals surface area contributed by atoms with Crippen LogP contribution >= 0.6 is 0 Å². The third kappa shape index (κ3) is 2.16.